The van der Waals surface area contributed by atoms with Crippen molar-refractivity contribution in [2.45, 2.75) is 37.2 Å². The Bertz CT molecular complexity index is 439. The van der Waals surface area contributed by atoms with Gasteiger partial charge < -0.3 is 5.32 Å². The Kier molecular flexibility index (Phi) is 4.46. The fraction of sp³-hybridized carbons (Fsp3) is 0.571. The maximum Gasteiger partial charge on any atom is 0.416 e. The summed E-state index contributed by atoms with van der Waals surface area (Å²) in [6, 6.07) is 4.19. The van der Waals surface area contributed by atoms with E-state index in [1.165, 1.54) is 18.6 Å². The zero-order valence-corrected chi connectivity index (χ0v) is 11.9. The molecule has 1 aromatic carbocycles. The standard InChI is InChI=1S/C14H18F3NS/c1-9-8-10(14(15,16)17)5-6-11(9)13(18-2)12-4-3-7-19-12/h5-6,8,12-13,18H,3-4,7H2,1-2H3. The summed E-state index contributed by atoms with van der Waals surface area (Å²) < 4.78 is 38.0. The van der Waals surface area contributed by atoms with Gasteiger partial charge in [0.05, 0.1) is 5.56 Å². The smallest absolute Gasteiger partial charge is 0.312 e. The van der Waals surface area contributed by atoms with Gasteiger partial charge in [0, 0.05) is 11.3 Å². The second-order valence-electron chi connectivity index (χ2n) is 4.89. The molecular weight excluding hydrogens is 271 g/mol. The number of aryl methyl sites for hydroxylation is 1. The van der Waals surface area contributed by atoms with Crippen molar-refractivity contribution in [3.05, 3.63) is 34.9 Å². The van der Waals surface area contributed by atoms with E-state index in [0.717, 1.165) is 17.7 Å². The van der Waals surface area contributed by atoms with Crippen LogP contribution in [0.2, 0.25) is 0 Å². The number of hydrogen-bond acceptors (Lipinski definition) is 2. The molecule has 2 atom stereocenters. The molecule has 1 aromatic rings. The number of rotatable bonds is 3. The SMILES string of the molecule is CNC(c1ccc(C(F)(F)F)cc1C)C1CCCS1. The Balaban J connectivity index is 2.28. The molecule has 0 bridgehead atoms. The van der Waals surface area contributed by atoms with Crippen LogP contribution in [0.15, 0.2) is 18.2 Å². The fourth-order valence-electron chi connectivity index (χ4n) is 2.61. The second kappa shape index (κ2) is 5.75. The van der Waals surface area contributed by atoms with Gasteiger partial charge in [-0.1, -0.05) is 6.07 Å². The van der Waals surface area contributed by atoms with E-state index < -0.39 is 11.7 Å². The van der Waals surface area contributed by atoms with Crippen molar-refractivity contribution in [2.75, 3.05) is 12.8 Å². The van der Waals surface area contributed by atoms with E-state index in [1.807, 2.05) is 18.8 Å². The number of nitrogens with one attached hydrogen (secondary N) is 1. The summed E-state index contributed by atoms with van der Waals surface area (Å²) >= 11 is 1.90. The number of halogens is 3. The van der Waals surface area contributed by atoms with Crippen LogP contribution in [0.3, 0.4) is 0 Å². The largest absolute Gasteiger partial charge is 0.416 e. The predicted octanol–water partition coefficient (Wildman–Crippen LogP) is 4.17. The Morgan fingerprint density at radius 2 is 2.11 bits per heavy atom. The van der Waals surface area contributed by atoms with Gasteiger partial charge in [0.25, 0.3) is 0 Å². The van der Waals surface area contributed by atoms with E-state index in [4.69, 9.17) is 0 Å². The summed E-state index contributed by atoms with van der Waals surface area (Å²) in [5.74, 6) is 1.14. The highest BCUT2D eigenvalue weighted by Gasteiger charge is 2.32. The third kappa shape index (κ3) is 3.26. The Morgan fingerprint density at radius 1 is 1.37 bits per heavy atom. The normalized spacial score (nSPS) is 21.6. The van der Waals surface area contributed by atoms with Crippen molar-refractivity contribution in [1.29, 1.82) is 0 Å². The lowest BCUT2D eigenvalue weighted by molar-refractivity contribution is -0.137. The van der Waals surface area contributed by atoms with Crippen LogP contribution in [0, 0.1) is 6.92 Å². The predicted molar refractivity (Wildman–Crippen MR) is 73.5 cm³/mol. The van der Waals surface area contributed by atoms with Gasteiger partial charge in [-0.15, -0.1) is 0 Å². The van der Waals surface area contributed by atoms with Crippen LogP contribution in [0.25, 0.3) is 0 Å². The summed E-state index contributed by atoms with van der Waals surface area (Å²) in [4.78, 5) is 0. The first-order valence-corrected chi connectivity index (χ1v) is 7.45. The molecule has 1 aliphatic rings. The van der Waals surface area contributed by atoms with E-state index >= 15 is 0 Å². The van der Waals surface area contributed by atoms with Crippen LogP contribution in [-0.2, 0) is 6.18 Å². The molecule has 19 heavy (non-hydrogen) atoms. The highest BCUT2D eigenvalue weighted by atomic mass is 32.2. The van der Waals surface area contributed by atoms with E-state index in [9.17, 15) is 13.2 Å². The van der Waals surface area contributed by atoms with Gasteiger partial charge in [-0.3, -0.25) is 0 Å². The molecule has 0 radical (unpaired) electrons. The van der Waals surface area contributed by atoms with Gasteiger partial charge in [0.2, 0.25) is 0 Å². The topological polar surface area (TPSA) is 12.0 Å². The van der Waals surface area contributed by atoms with Gasteiger partial charge in [-0.05, 0) is 55.8 Å². The molecular formula is C14H18F3NS. The average Bonchev–Trinajstić information content (AvgIpc) is 2.84. The molecule has 1 aliphatic heterocycles. The van der Waals surface area contributed by atoms with Gasteiger partial charge in [-0.2, -0.15) is 24.9 Å². The van der Waals surface area contributed by atoms with E-state index in [-0.39, 0.29) is 6.04 Å². The minimum Gasteiger partial charge on any atom is -0.312 e. The third-order valence-electron chi connectivity index (χ3n) is 3.58. The minimum atomic E-state index is -4.26. The van der Waals surface area contributed by atoms with Gasteiger partial charge in [0.1, 0.15) is 0 Å². The molecule has 0 aliphatic carbocycles. The molecule has 0 saturated carbocycles. The maximum atomic E-state index is 12.7. The van der Waals surface area contributed by atoms with Gasteiger partial charge >= 0.3 is 6.18 Å². The molecule has 0 aromatic heterocycles. The molecule has 1 saturated heterocycles. The van der Waals surface area contributed by atoms with Crippen LogP contribution < -0.4 is 5.32 Å². The highest BCUT2D eigenvalue weighted by molar-refractivity contribution is 8.00. The molecule has 2 rings (SSSR count). The van der Waals surface area contributed by atoms with Crippen molar-refractivity contribution in [3.63, 3.8) is 0 Å². The Labute approximate surface area is 116 Å². The fourth-order valence-corrected chi connectivity index (χ4v) is 4.05. The number of hydrogen-bond donors (Lipinski definition) is 1. The van der Waals surface area contributed by atoms with Gasteiger partial charge in [-0.25, -0.2) is 0 Å². The van der Waals surface area contributed by atoms with E-state index in [0.29, 0.717) is 10.8 Å². The van der Waals surface area contributed by atoms with Crippen LogP contribution in [-0.4, -0.2) is 18.1 Å². The quantitative estimate of drug-likeness (QED) is 0.896. The van der Waals surface area contributed by atoms with Crippen LogP contribution >= 0.6 is 11.8 Å². The molecule has 5 heteroatoms. The van der Waals surface area contributed by atoms with Gasteiger partial charge in [0.15, 0.2) is 0 Å². The number of alkyl halides is 3. The number of benzene rings is 1. The minimum absolute atomic E-state index is 0.134. The maximum absolute atomic E-state index is 12.7. The van der Waals surface area contributed by atoms with Crippen molar-refractivity contribution in [1.82, 2.24) is 5.32 Å². The first-order valence-electron chi connectivity index (χ1n) is 6.40. The Morgan fingerprint density at radius 3 is 2.58 bits per heavy atom. The first-order chi connectivity index (χ1) is 8.93. The molecule has 2 unspecified atom stereocenters. The second-order valence-corrected chi connectivity index (χ2v) is 6.23. The summed E-state index contributed by atoms with van der Waals surface area (Å²) in [7, 11) is 1.88. The Hall–Kier alpha value is -0.680. The lowest BCUT2D eigenvalue weighted by Gasteiger charge is -2.25. The molecule has 1 fully saturated rings. The van der Waals surface area contributed by atoms with Crippen molar-refractivity contribution >= 4 is 11.8 Å². The molecule has 1 heterocycles. The molecule has 1 nitrogen and oxygen atoms in total. The van der Waals surface area contributed by atoms with Crippen molar-refractivity contribution in [2.24, 2.45) is 0 Å². The summed E-state index contributed by atoms with van der Waals surface area (Å²) in [6.07, 6.45) is -1.95. The lowest BCUT2D eigenvalue weighted by Crippen LogP contribution is -2.26. The summed E-state index contributed by atoms with van der Waals surface area (Å²) in [6.45, 7) is 1.76. The summed E-state index contributed by atoms with van der Waals surface area (Å²) in [5.41, 5.74) is 1.12. The highest BCUT2D eigenvalue weighted by Crippen LogP contribution is 2.38. The van der Waals surface area contributed by atoms with Crippen molar-refractivity contribution in [3.8, 4) is 0 Å². The van der Waals surface area contributed by atoms with E-state index in [2.05, 4.69) is 5.32 Å². The van der Waals surface area contributed by atoms with Crippen molar-refractivity contribution < 1.29 is 13.2 Å². The average molecular weight is 289 g/mol. The third-order valence-corrected chi connectivity index (χ3v) is 5.04. The zero-order chi connectivity index (χ0) is 14.0. The zero-order valence-electron chi connectivity index (χ0n) is 11.1. The van der Waals surface area contributed by atoms with Crippen LogP contribution in [0.5, 0.6) is 0 Å². The molecule has 0 spiro atoms. The lowest BCUT2D eigenvalue weighted by atomic mass is 9.95. The van der Waals surface area contributed by atoms with Crippen LogP contribution in [0.1, 0.15) is 35.6 Å². The summed E-state index contributed by atoms with van der Waals surface area (Å²) in [5, 5.41) is 3.72. The molecule has 106 valence electrons. The molecule has 0 amide bonds. The molecule has 1 N–H and O–H groups in total. The number of thioether (sulfide) groups is 1. The first kappa shape index (κ1) is 14.7. The monoisotopic (exact) mass is 289 g/mol. The van der Waals surface area contributed by atoms with E-state index in [1.54, 1.807) is 13.0 Å². The van der Waals surface area contributed by atoms with Crippen LogP contribution in [0.4, 0.5) is 13.2 Å².